The van der Waals surface area contributed by atoms with E-state index in [0.29, 0.717) is 22.7 Å². The van der Waals surface area contributed by atoms with Crippen LogP contribution < -0.4 is 4.90 Å². The molecule has 0 N–H and O–H groups in total. The Hall–Kier alpha value is -2.33. The minimum atomic E-state index is -0.309. The van der Waals surface area contributed by atoms with E-state index >= 15 is 0 Å². The van der Waals surface area contributed by atoms with Gasteiger partial charge in [0.15, 0.2) is 0 Å². The third-order valence-corrected chi connectivity index (χ3v) is 3.86. The molecule has 5 heteroatoms. The van der Waals surface area contributed by atoms with E-state index in [1.54, 1.807) is 19.1 Å². The van der Waals surface area contributed by atoms with Crippen LogP contribution in [0.15, 0.2) is 42.6 Å². The lowest BCUT2D eigenvalue weighted by Crippen LogP contribution is -2.19. The lowest BCUT2D eigenvalue weighted by molar-refractivity contribution is -0.385. The number of fused-ring (bicyclic) bond motifs is 1. The molecule has 3 rings (SSSR count). The molecule has 2 aromatic carbocycles. The number of aryl methyl sites for hydroxylation is 1. The Morgan fingerprint density at radius 2 is 1.90 bits per heavy atom. The number of hydrogen-bond acceptors (Lipinski definition) is 3. The smallest absolute Gasteiger partial charge is 0.279 e. The summed E-state index contributed by atoms with van der Waals surface area (Å²) in [5, 5.41) is 11.9. The van der Waals surface area contributed by atoms with Gasteiger partial charge in [0.25, 0.3) is 5.69 Å². The van der Waals surface area contributed by atoms with E-state index in [-0.39, 0.29) is 10.6 Å². The molecule has 0 atom stereocenters. The molecule has 0 unspecified atom stereocenters. The second-order valence-electron chi connectivity index (χ2n) is 4.98. The molecule has 4 nitrogen and oxygen atoms in total. The van der Waals surface area contributed by atoms with Crippen LogP contribution in [-0.4, -0.2) is 4.92 Å². The van der Waals surface area contributed by atoms with E-state index in [9.17, 15) is 10.1 Å². The molecule has 21 heavy (non-hydrogen) atoms. The largest absolute Gasteiger partial charge is 0.344 e. The highest BCUT2D eigenvalue weighted by molar-refractivity contribution is 6.30. The highest BCUT2D eigenvalue weighted by Crippen LogP contribution is 2.33. The maximum absolute atomic E-state index is 11.2. The van der Waals surface area contributed by atoms with E-state index in [1.165, 1.54) is 0 Å². The summed E-state index contributed by atoms with van der Waals surface area (Å²) < 4.78 is 0. The van der Waals surface area contributed by atoms with Crippen molar-refractivity contribution in [2.45, 2.75) is 13.5 Å². The fraction of sp³-hybridized carbons (Fsp3) is 0.125. The third-order valence-electron chi connectivity index (χ3n) is 3.61. The van der Waals surface area contributed by atoms with Crippen molar-refractivity contribution < 1.29 is 4.92 Å². The summed E-state index contributed by atoms with van der Waals surface area (Å²) in [4.78, 5) is 13.0. The molecule has 0 saturated heterocycles. The SMILES string of the molecule is Cc1ccc2c(c1[N+](=O)[O-])C=CN(c1ccc(Cl)cc1)C2. The van der Waals surface area contributed by atoms with Crippen molar-refractivity contribution >= 4 is 29.1 Å². The van der Waals surface area contributed by atoms with Crippen LogP contribution in [0.2, 0.25) is 5.02 Å². The maximum Gasteiger partial charge on any atom is 0.279 e. The first-order valence-corrected chi connectivity index (χ1v) is 6.91. The molecule has 106 valence electrons. The molecule has 0 aliphatic carbocycles. The van der Waals surface area contributed by atoms with Gasteiger partial charge in [-0.2, -0.15) is 0 Å². The fourth-order valence-corrected chi connectivity index (χ4v) is 2.66. The molecule has 0 amide bonds. The summed E-state index contributed by atoms with van der Waals surface area (Å²) in [7, 11) is 0. The Kier molecular flexibility index (Phi) is 3.39. The number of hydrogen-bond donors (Lipinski definition) is 0. The summed E-state index contributed by atoms with van der Waals surface area (Å²) in [5.41, 5.74) is 3.53. The summed E-state index contributed by atoms with van der Waals surface area (Å²) in [6.45, 7) is 2.37. The highest BCUT2D eigenvalue weighted by Gasteiger charge is 2.22. The van der Waals surface area contributed by atoms with Crippen LogP contribution in [0, 0.1) is 17.0 Å². The summed E-state index contributed by atoms with van der Waals surface area (Å²) in [6.07, 6.45) is 3.68. The van der Waals surface area contributed by atoms with Gasteiger partial charge < -0.3 is 4.90 Å². The van der Waals surface area contributed by atoms with Gasteiger partial charge in [0, 0.05) is 29.0 Å². The summed E-state index contributed by atoms with van der Waals surface area (Å²) in [6, 6.07) is 11.3. The van der Waals surface area contributed by atoms with Crippen molar-refractivity contribution in [3.63, 3.8) is 0 Å². The predicted molar refractivity (Wildman–Crippen MR) is 84.5 cm³/mol. The van der Waals surface area contributed by atoms with Gasteiger partial charge in [-0.05, 0) is 42.8 Å². The standard InChI is InChI=1S/C16H13ClN2O2/c1-11-2-3-12-10-18(14-6-4-13(17)5-7-14)9-8-15(12)16(11)19(20)21/h2-9H,10H2,1H3. The van der Waals surface area contributed by atoms with Crippen molar-refractivity contribution in [2.75, 3.05) is 4.90 Å². The van der Waals surface area contributed by atoms with Gasteiger partial charge in [0.1, 0.15) is 0 Å². The van der Waals surface area contributed by atoms with E-state index in [2.05, 4.69) is 0 Å². The van der Waals surface area contributed by atoms with Crippen LogP contribution in [0.5, 0.6) is 0 Å². The monoisotopic (exact) mass is 300 g/mol. The van der Waals surface area contributed by atoms with Gasteiger partial charge in [-0.1, -0.05) is 23.7 Å². The fourth-order valence-electron chi connectivity index (χ4n) is 2.54. The number of rotatable bonds is 2. The first-order valence-electron chi connectivity index (χ1n) is 6.53. The lowest BCUT2D eigenvalue weighted by atomic mass is 9.98. The predicted octanol–water partition coefficient (Wildman–Crippen LogP) is 4.55. The van der Waals surface area contributed by atoms with E-state index < -0.39 is 0 Å². The normalized spacial score (nSPS) is 13.1. The molecule has 0 bridgehead atoms. The van der Waals surface area contributed by atoms with Crippen LogP contribution >= 0.6 is 11.6 Å². The van der Waals surface area contributed by atoms with Crippen molar-refractivity contribution in [3.8, 4) is 0 Å². The Morgan fingerprint density at radius 1 is 1.19 bits per heavy atom. The number of halogens is 1. The zero-order chi connectivity index (χ0) is 15.0. The number of nitrogens with zero attached hydrogens (tertiary/aromatic N) is 2. The molecule has 2 aromatic rings. The molecule has 0 radical (unpaired) electrons. The summed E-state index contributed by atoms with van der Waals surface area (Å²) in [5.74, 6) is 0. The molecular weight excluding hydrogens is 288 g/mol. The van der Waals surface area contributed by atoms with E-state index in [0.717, 1.165) is 11.3 Å². The van der Waals surface area contributed by atoms with Crippen molar-refractivity contribution in [1.29, 1.82) is 0 Å². The Balaban J connectivity index is 2.00. The van der Waals surface area contributed by atoms with Gasteiger partial charge >= 0.3 is 0 Å². The van der Waals surface area contributed by atoms with E-state index in [1.807, 2.05) is 41.4 Å². The maximum atomic E-state index is 11.2. The summed E-state index contributed by atoms with van der Waals surface area (Å²) >= 11 is 5.89. The van der Waals surface area contributed by atoms with Gasteiger partial charge in [0.05, 0.1) is 10.5 Å². The molecule has 1 heterocycles. The number of nitro benzene ring substituents is 1. The average Bonchev–Trinajstić information content (AvgIpc) is 2.47. The minimum absolute atomic E-state index is 0.194. The molecule has 0 fully saturated rings. The molecular formula is C16H13ClN2O2. The Morgan fingerprint density at radius 3 is 2.57 bits per heavy atom. The van der Waals surface area contributed by atoms with Gasteiger partial charge in [0.2, 0.25) is 0 Å². The van der Waals surface area contributed by atoms with Gasteiger partial charge in [-0.15, -0.1) is 0 Å². The van der Waals surface area contributed by atoms with Crippen LogP contribution in [0.25, 0.3) is 6.08 Å². The van der Waals surface area contributed by atoms with E-state index in [4.69, 9.17) is 11.6 Å². The Bertz CT molecular complexity index is 739. The average molecular weight is 301 g/mol. The van der Waals surface area contributed by atoms with Crippen LogP contribution in [0.1, 0.15) is 16.7 Å². The molecule has 1 aliphatic rings. The zero-order valence-electron chi connectivity index (χ0n) is 11.4. The molecule has 0 aromatic heterocycles. The lowest BCUT2D eigenvalue weighted by Gasteiger charge is -2.25. The molecule has 1 aliphatic heterocycles. The number of benzene rings is 2. The highest BCUT2D eigenvalue weighted by atomic mass is 35.5. The zero-order valence-corrected chi connectivity index (χ0v) is 12.2. The van der Waals surface area contributed by atoms with Crippen LogP contribution in [-0.2, 0) is 6.54 Å². The topological polar surface area (TPSA) is 46.4 Å². The minimum Gasteiger partial charge on any atom is -0.344 e. The second-order valence-corrected chi connectivity index (χ2v) is 5.42. The first kappa shape index (κ1) is 13.6. The Labute approximate surface area is 127 Å². The second kappa shape index (κ2) is 5.22. The third kappa shape index (κ3) is 2.50. The molecule has 0 saturated carbocycles. The van der Waals surface area contributed by atoms with Crippen molar-refractivity contribution in [3.05, 3.63) is 74.4 Å². The van der Waals surface area contributed by atoms with Crippen molar-refractivity contribution in [1.82, 2.24) is 0 Å². The van der Waals surface area contributed by atoms with Crippen molar-refractivity contribution in [2.24, 2.45) is 0 Å². The number of nitro groups is 1. The van der Waals surface area contributed by atoms with Gasteiger partial charge in [-0.25, -0.2) is 0 Å². The molecule has 0 spiro atoms. The number of anilines is 1. The van der Waals surface area contributed by atoms with Gasteiger partial charge in [-0.3, -0.25) is 10.1 Å². The quantitative estimate of drug-likeness (QED) is 0.604. The van der Waals surface area contributed by atoms with Crippen LogP contribution in [0.4, 0.5) is 11.4 Å². The van der Waals surface area contributed by atoms with Crippen LogP contribution in [0.3, 0.4) is 0 Å². The first-order chi connectivity index (χ1) is 10.1.